The van der Waals surface area contributed by atoms with Crippen LogP contribution in [0.5, 0.6) is 11.5 Å². The number of carboxylic acids is 1. The largest absolute Gasteiger partial charge is 0.493 e. The van der Waals surface area contributed by atoms with Crippen LogP contribution in [-0.2, 0) is 9.59 Å². The highest BCUT2D eigenvalue weighted by atomic mass is 16.5. The van der Waals surface area contributed by atoms with Crippen molar-refractivity contribution in [1.82, 2.24) is 5.32 Å². The number of carboxylic acid groups (broad SMARTS) is 1. The van der Waals surface area contributed by atoms with Gasteiger partial charge in [-0.1, -0.05) is 18.9 Å². The molecule has 0 heterocycles. The highest BCUT2D eigenvalue weighted by Gasteiger charge is 2.54. The highest BCUT2D eigenvalue weighted by Crippen LogP contribution is 2.55. The van der Waals surface area contributed by atoms with Crippen molar-refractivity contribution in [2.24, 2.45) is 17.8 Å². The second kappa shape index (κ2) is 7.33. The molecule has 1 aromatic carbocycles. The molecule has 6 heteroatoms. The summed E-state index contributed by atoms with van der Waals surface area (Å²) in [6.07, 6.45) is 4.45. The molecule has 1 aromatic rings. The molecule has 25 heavy (non-hydrogen) atoms. The zero-order valence-electron chi connectivity index (χ0n) is 14.7. The van der Waals surface area contributed by atoms with E-state index in [0.717, 1.165) is 12.8 Å². The Morgan fingerprint density at radius 3 is 2.36 bits per heavy atom. The van der Waals surface area contributed by atoms with E-state index in [1.807, 2.05) is 0 Å². The quantitative estimate of drug-likeness (QED) is 0.792. The van der Waals surface area contributed by atoms with Gasteiger partial charge >= 0.3 is 5.97 Å². The number of benzene rings is 1. The van der Waals surface area contributed by atoms with Crippen molar-refractivity contribution in [2.45, 2.75) is 38.1 Å². The topological polar surface area (TPSA) is 84.9 Å². The molecule has 2 aliphatic rings. The van der Waals surface area contributed by atoms with E-state index in [0.29, 0.717) is 28.9 Å². The van der Waals surface area contributed by atoms with Gasteiger partial charge in [0.2, 0.25) is 5.91 Å². The van der Waals surface area contributed by atoms with Crippen LogP contribution in [-0.4, -0.2) is 31.2 Å². The minimum Gasteiger partial charge on any atom is -0.493 e. The third-order valence-corrected chi connectivity index (χ3v) is 5.46. The third-order valence-electron chi connectivity index (χ3n) is 5.46. The van der Waals surface area contributed by atoms with E-state index in [2.05, 4.69) is 5.32 Å². The number of amides is 1. The maximum Gasteiger partial charge on any atom is 0.305 e. The number of rotatable bonds is 7. The number of methoxy groups -OCH3 is 2. The van der Waals surface area contributed by atoms with Crippen LogP contribution in [0.25, 0.3) is 0 Å². The minimum absolute atomic E-state index is 0.0158. The molecule has 2 aliphatic carbocycles. The predicted octanol–water partition coefficient (Wildman–Crippen LogP) is 2.77. The van der Waals surface area contributed by atoms with E-state index in [4.69, 9.17) is 9.47 Å². The van der Waals surface area contributed by atoms with E-state index in [-0.39, 0.29) is 18.2 Å². The Bertz CT molecular complexity index is 647. The summed E-state index contributed by atoms with van der Waals surface area (Å²) < 4.78 is 10.5. The van der Waals surface area contributed by atoms with E-state index >= 15 is 0 Å². The maximum atomic E-state index is 12.7. The molecule has 3 rings (SSSR count). The van der Waals surface area contributed by atoms with Crippen LogP contribution in [0.1, 0.15) is 43.7 Å². The lowest BCUT2D eigenvalue weighted by Gasteiger charge is -2.19. The molecule has 0 bridgehead atoms. The smallest absolute Gasteiger partial charge is 0.305 e. The fourth-order valence-corrected chi connectivity index (χ4v) is 4.15. The Labute approximate surface area is 147 Å². The van der Waals surface area contributed by atoms with Crippen LogP contribution >= 0.6 is 0 Å². The first-order chi connectivity index (χ1) is 12.0. The van der Waals surface area contributed by atoms with E-state index < -0.39 is 12.0 Å². The van der Waals surface area contributed by atoms with Crippen molar-refractivity contribution in [2.75, 3.05) is 14.2 Å². The van der Waals surface area contributed by atoms with Crippen molar-refractivity contribution in [1.29, 1.82) is 0 Å². The van der Waals surface area contributed by atoms with Crippen molar-refractivity contribution in [3.8, 4) is 11.5 Å². The summed E-state index contributed by atoms with van der Waals surface area (Å²) in [5.74, 6) is 1.16. The van der Waals surface area contributed by atoms with Gasteiger partial charge in [0.25, 0.3) is 0 Å². The molecule has 0 radical (unpaired) electrons. The first-order valence-electron chi connectivity index (χ1n) is 8.79. The number of ether oxygens (including phenoxy) is 2. The average molecular weight is 347 g/mol. The first-order valence-corrected chi connectivity index (χ1v) is 8.79. The SMILES string of the molecule is COc1ccc(C(CC(=O)O)NC(=O)C2C3CCCCC32)cc1OC. The van der Waals surface area contributed by atoms with Gasteiger partial charge in [-0.25, -0.2) is 0 Å². The van der Waals surface area contributed by atoms with Gasteiger partial charge in [-0.15, -0.1) is 0 Å². The molecule has 1 amide bonds. The molecule has 2 saturated carbocycles. The lowest BCUT2D eigenvalue weighted by Crippen LogP contribution is -2.32. The Balaban J connectivity index is 1.75. The lowest BCUT2D eigenvalue weighted by molar-refractivity contribution is -0.137. The van der Waals surface area contributed by atoms with Gasteiger partial charge in [-0.3, -0.25) is 9.59 Å². The average Bonchev–Trinajstić information content (AvgIpc) is 3.34. The summed E-state index contributed by atoms with van der Waals surface area (Å²) in [7, 11) is 3.07. The summed E-state index contributed by atoms with van der Waals surface area (Å²) in [5.41, 5.74) is 0.706. The van der Waals surface area contributed by atoms with Gasteiger partial charge < -0.3 is 19.9 Å². The summed E-state index contributed by atoms with van der Waals surface area (Å²) in [4.78, 5) is 23.9. The summed E-state index contributed by atoms with van der Waals surface area (Å²) in [6, 6.07) is 4.65. The summed E-state index contributed by atoms with van der Waals surface area (Å²) in [6.45, 7) is 0. The number of carbonyl (C=O) groups excluding carboxylic acids is 1. The monoisotopic (exact) mass is 347 g/mol. The molecule has 0 saturated heterocycles. The van der Waals surface area contributed by atoms with Crippen LogP contribution < -0.4 is 14.8 Å². The van der Waals surface area contributed by atoms with Gasteiger partial charge in [0.05, 0.1) is 26.7 Å². The Morgan fingerprint density at radius 1 is 1.16 bits per heavy atom. The molecule has 136 valence electrons. The number of hydrogen-bond acceptors (Lipinski definition) is 4. The number of fused-ring (bicyclic) bond motifs is 1. The Morgan fingerprint density at radius 2 is 1.80 bits per heavy atom. The molecule has 6 nitrogen and oxygen atoms in total. The summed E-state index contributed by atoms with van der Waals surface area (Å²) in [5, 5.41) is 12.2. The fraction of sp³-hybridized carbons (Fsp3) is 0.579. The number of nitrogens with one attached hydrogen (secondary N) is 1. The predicted molar refractivity (Wildman–Crippen MR) is 91.6 cm³/mol. The fourth-order valence-electron chi connectivity index (χ4n) is 4.15. The van der Waals surface area contributed by atoms with Crippen molar-refractivity contribution < 1.29 is 24.2 Å². The third kappa shape index (κ3) is 3.72. The van der Waals surface area contributed by atoms with Crippen molar-refractivity contribution in [3.05, 3.63) is 23.8 Å². The lowest BCUT2D eigenvalue weighted by atomic mass is 10.0. The van der Waals surface area contributed by atoms with Gasteiger partial charge in [0.1, 0.15) is 0 Å². The normalized spacial score (nSPS) is 25.4. The highest BCUT2D eigenvalue weighted by molar-refractivity contribution is 5.83. The number of carbonyl (C=O) groups is 2. The molecule has 2 fully saturated rings. The standard InChI is InChI=1S/C19H25NO5/c1-24-15-8-7-11(9-16(15)25-2)14(10-17(21)22)20-19(23)18-12-5-3-4-6-13(12)18/h7-9,12-14,18H,3-6,10H2,1-2H3,(H,20,23)(H,21,22). The zero-order chi connectivity index (χ0) is 18.0. The van der Waals surface area contributed by atoms with E-state index in [1.54, 1.807) is 25.3 Å². The minimum atomic E-state index is -0.951. The van der Waals surface area contributed by atoms with Crippen LogP contribution in [0.3, 0.4) is 0 Å². The van der Waals surface area contributed by atoms with Gasteiger partial charge in [-0.2, -0.15) is 0 Å². The maximum absolute atomic E-state index is 12.7. The zero-order valence-corrected chi connectivity index (χ0v) is 14.7. The molecule has 0 aliphatic heterocycles. The molecule has 3 atom stereocenters. The van der Waals surface area contributed by atoms with Gasteiger partial charge in [0.15, 0.2) is 11.5 Å². The Hall–Kier alpha value is -2.24. The molecule has 0 aromatic heterocycles. The molecular formula is C19H25NO5. The van der Waals surface area contributed by atoms with Crippen molar-refractivity contribution in [3.63, 3.8) is 0 Å². The molecule has 3 unspecified atom stereocenters. The van der Waals surface area contributed by atoms with Crippen LogP contribution in [0.15, 0.2) is 18.2 Å². The Kier molecular flexibility index (Phi) is 5.16. The first kappa shape index (κ1) is 17.6. The van der Waals surface area contributed by atoms with Crippen molar-refractivity contribution >= 4 is 11.9 Å². The van der Waals surface area contributed by atoms with Gasteiger partial charge in [-0.05, 0) is 42.4 Å². The molecule has 2 N–H and O–H groups in total. The number of aliphatic carboxylic acids is 1. The van der Waals surface area contributed by atoms with Crippen LogP contribution in [0.2, 0.25) is 0 Å². The van der Waals surface area contributed by atoms with Crippen LogP contribution in [0, 0.1) is 17.8 Å². The molecular weight excluding hydrogens is 322 g/mol. The molecule has 0 spiro atoms. The second-order valence-corrected chi connectivity index (χ2v) is 6.91. The van der Waals surface area contributed by atoms with Gasteiger partial charge in [0, 0.05) is 5.92 Å². The van der Waals surface area contributed by atoms with E-state index in [1.165, 1.54) is 20.0 Å². The second-order valence-electron chi connectivity index (χ2n) is 6.91. The summed E-state index contributed by atoms with van der Waals surface area (Å²) >= 11 is 0. The number of hydrogen-bond donors (Lipinski definition) is 2. The van der Waals surface area contributed by atoms with E-state index in [9.17, 15) is 14.7 Å². The van der Waals surface area contributed by atoms with Crippen LogP contribution in [0.4, 0.5) is 0 Å².